The largest absolute Gasteiger partial charge is 0.496 e. The number of rotatable bonds is 5. The van der Waals surface area contributed by atoms with E-state index in [2.05, 4.69) is 5.32 Å². The van der Waals surface area contributed by atoms with Gasteiger partial charge in [-0.1, -0.05) is 18.2 Å². The number of nitrogen functional groups attached to an aromatic ring is 1. The average Bonchev–Trinajstić information content (AvgIpc) is 2.45. The summed E-state index contributed by atoms with van der Waals surface area (Å²) < 4.78 is 28.2. The SMILES string of the molecule is COc1ccccc1CNc1ccc(S(C)(=O)=O)cc1N. The second kappa shape index (κ2) is 6.05. The van der Waals surface area contributed by atoms with Gasteiger partial charge in [-0.2, -0.15) is 0 Å². The van der Waals surface area contributed by atoms with Gasteiger partial charge in [0.25, 0.3) is 0 Å². The van der Waals surface area contributed by atoms with Crippen LogP contribution in [0.2, 0.25) is 0 Å². The van der Waals surface area contributed by atoms with E-state index < -0.39 is 9.84 Å². The van der Waals surface area contributed by atoms with Crippen LogP contribution in [0, 0.1) is 0 Å². The van der Waals surface area contributed by atoms with Crippen LogP contribution in [0.4, 0.5) is 11.4 Å². The second-order valence-corrected chi connectivity index (χ2v) is 6.70. The van der Waals surface area contributed by atoms with E-state index in [1.165, 1.54) is 12.1 Å². The molecule has 0 radical (unpaired) electrons. The first-order chi connectivity index (χ1) is 9.91. The molecule has 2 aromatic rings. The lowest BCUT2D eigenvalue weighted by Crippen LogP contribution is -2.05. The van der Waals surface area contributed by atoms with Gasteiger partial charge in [-0.05, 0) is 24.3 Å². The highest BCUT2D eigenvalue weighted by atomic mass is 32.2. The molecule has 0 spiro atoms. The lowest BCUT2D eigenvalue weighted by molar-refractivity contribution is 0.410. The highest BCUT2D eigenvalue weighted by Gasteiger charge is 2.10. The van der Waals surface area contributed by atoms with Crippen molar-refractivity contribution in [2.45, 2.75) is 11.4 Å². The van der Waals surface area contributed by atoms with Gasteiger partial charge in [-0.25, -0.2) is 8.42 Å². The minimum absolute atomic E-state index is 0.211. The predicted octanol–water partition coefficient (Wildman–Crippen LogP) is 2.29. The number of hydrogen-bond donors (Lipinski definition) is 2. The molecule has 0 amide bonds. The average molecular weight is 306 g/mol. The van der Waals surface area contributed by atoms with Crippen molar-refractivity contribution in [3.63, 3.8) is 0 Å². The van der Waals surface area contributed by atoms with Gasteiger partial charge in [0, 0.05) is 18.4 Å². The van der Waals surface area contributed by atoms with Gasteiger partial charge in [0.05, 0.1) is 23.4 Å². The maximum Gasteiger partial charge on any atom is 0.175 e. The molecule has 0 aromatic heterocycles. The Morgan fingerprint density at radius 2 is 1.90 bits per heavy atom. The van der Waals surface area contributed by atoms with Crippen molar-refractivity contribution in [3.8, 4) is 5.75 Å². The van der Waals surface area contributed by atoms with Gasteiger partial charge < -0.3 is 15.8 Å². The normalized spacial score (nSPS) is 11.1. The lowest BCUT2D eigenvalue weighted by Gasteiger charge is -2.12. The fourth-order valence-corrected chi connectivity index (χ4v) is 2.63. The molecule has 0 aliphatic rings. The Kier molecular flexibility index (Phi) is 4.37. The maximum atomic E-state index is 11.5. The molecule has 112 valence electrons. The third-order valence-electron chi connectivity index (χ3n) is 3.11. The fraction of sp³-hybridized carbons (Fsp3) is 0.200. The minimum atomic E-state index is -3.25. The Labute approximate surface area is 124 Å². The number of ether oxygens (including phenoxy) is 1. The summed E-state index contributed by atoms with van der Waals surface area (Å²) in [6, 6.07) is 12.3. The highest BCUT2D eigenvalue weighted by Crippen LogP contribution is 2.24. The number of para-hydroxylation sites is 1. The third kappa shape index (κ3) is 3.66. The van der Waals surface area contributed by atoms with Crippen LogP contribution in [0.25, 0.3) is 0 Å². The number of benzene rings is 2. The molecule has 21 heavy (non-hydrogen) atoms. The minimum Gasteiger partial charge on any atom is -0.496 e. The van der Waals surface area contributed by atoms with Gasteiger partial charge in [-0.3, -0.25) is 0 Å². The molecule has 2 aromatic carbocycles. The Balaban J connectivity index is 2.17. The Morgan fingerprint density at radius 3 is 2.52 bits per heavy atom. The highest BCUT2D eigenvalue weighted by molar-refractivity contribution is 7.90. The molecule has 0 bridgehead atoms. The number of sulfone groups is 1. The summed E-state index contributed by atoms with van der Waals surface area (Å²) in [6.07, 6.45) is 1.16. The molecule has 0 saturated carbocycles. The Bertz CT molecular complexity index is 742. The molecule has 0 aliphatic heterocycles. The summed E-state index contributed by atoms with van der Waals surface area (Å²) in [4.78, 5) is 0.211. The standard InChI is InChI=1S/C15H18N2O3S/c1-20-15-6-4-3-5-11(15)10-17-14-8-7-12(9-13(14)16)21(2,18)19/h3-9,17H,10,16H2,1-2H3. The van der Waals surface area contributed by atoms with Crippen molar-refractivity contribution in [2.75, 3.05) is 24.4 Å². The predicted molar refractivity (Wildman–Crippen MR) is 84.3 cm³/mol. The summed E-state index contributed by atoms with van der Waals surface area (Å²) in [5.41, 5.74) is 7.97. The summed E-state index contributed by atoms with van der Waals surface area (Å²) in [6.45, 7) is 0.534. The Morgan fingerprint density at radius 1 is 1.19 bits per heavy atom. The number of hydrogen-bond acceptors (Lipinski definition) is 5. The fourth-order valence-electron chi connectivity index (χ4n) is 1.97. The Hall–Kier alpha value is -2.21. The van der Waals surface area contributed by atoms with Crippen LogP contribution in [0.3, 0.4) is 0 Å². The van der Waals surface area contributed by atoms with Crippen LogP contribution in [-0.4, -0.2) is 21.8 Å². The monoisotopic (exact) mass is 306 g/mol. The summed E-state index contributed by atoms with van der Waals surface area (Å²) in [7, 11) is -1.63. The van der Waals surface area contributed by atoms with Gasteiger partial charge in [0.2, 0.25) is 0 Å². The van der Waals surface area contributed by atoms with Crippen molar-refractivity contribution >= 4 is 21.2 Å². The molecule has 0 heterocycles. The van der Waals surface area contributed by atoms with Crippen molar-refractivity contribution in [1.29, 1.82) is 0 Å². The molecule has 5 nitrogen and oxygen atoms in total. The number of methoxy groups -OCH3 is 1. The second-order valence-electron chi connectivity index (χ2n) is 4.69. The maximum absolute atomic E-state index is 11.5. The zero-order valence-corrected chi connectivity index (χ0v) is 12.8. The van der Waals surface area contributed by atoms with Crippen molar-refractivity contribution in [3.05, 3.63) is 48.0 Å². The van der Waals surface area contributed by atoms with E-state index >= 15 is 0 Å². The molecule has 0 saturated heterocycles. The zero-order chi connectivity index (χ0) is 15.5. The van der Waals surface area contributed by atoms with Gasteiger partial charge in [0.1, 0.15) is 5.75 Å². The van der Waals surface area contributed by atoms with Crippen molar-refractivity contribution in [1.82, 2.24) is 0 Å². The topological polar surface area (TPSA) is 81.4 Å². The zero-order valence-electron chi connectivity index (χ0n) is 12.0. The molecule has 0 aliphatic carbocycles. The molecule has 0 fully saturated rings. The first-order valence-corrected chi connectivity index (χ1v) is 8.26. The van der Waals surface area contributed by atoms with E-state index in [1.807, 2.05) is 24.3 Å². The first-order valence-electron chi connectivity index (χ1n) is 6.37. The summed E-state index contributed by atoms with van der Waals surface area (Å²) >= 11 is 0. The third-order valence-corrected chi connectivity index (χ3v) is 4.22. The first kappa shape index (κ1) is 15.2. The summed E-state index contributed by atoms with van der Waals surface area (Å²) in [5, 5.41) is 3.18. The van der Waals surface area contributed by atoms with Crippen LogP contribution < -0.4 is 15.8 Å². The van der Waals surface area contributed by atoms with E-state index in [-0.39, 0.29) is 4.90 Å². The van der Waals surface area contributed by atoms with Crippen LogP contribution in [-0.2, 0) is 16.4 Å². The molecule has 6 heteroatoms. The van der Waals surface area contributed by atoms with Crippen molar-refractivity contribution in [2.24, 2.45) is 0 Å². The molecular weight excluding hydrogens is 288 g/mol. The van der Waals surface area contributed by atoms with E-state index in [0.717, 1.165) is 17.6 Å². The van der Waals surface area contributed by atoms with Gasteiger partial charge in [0.15, 0.2) is 9.84 Å². The van der Waals surface area contributed by atoms with E-state index in [9.17, 15) is 8.42 Å². The van der Waals surface area contributed by atoms with Crippen LogP contribution >= 0.6 is 0 Å². The molecule has 0 unspecified atom stereocenters. The molecule has 0 atom stereocenters. The molecule has 2 rings (SSSR count). The number of anilines is 2. The van der Waals surface area contributed by atoms with Crippen LogP contribution in [0.15, 0.2) is 47.4 Å². The lowest BCUT2D eigenvalue weighted by atomic mass is 10.2. The van der Waals surface area contributed by atoms with Crippen LogP contribution in [0.1, 0.15) is 5.56 Å². The van der Waals surface area contributed by atoms with E-state index in [1.54, 1.807) is 13.2 Å². The van der Waals surface area contributed by atoms with Gasteiger partial charge >= 0.3 is 0 Å². The summed E-state index contributed by atoms with van der Waals surface area (Å²) in [5.74, 6) is 0.788. The van der Waals surface area contributed by atoms with E-state index in [4.69, 9.17) is 10.5 Å². The quantitative estimate of drug-likeness (QED) is 0.828. The molecular formula is C15H18N2O3S. The molecule has 3 N–H and O–H groups in total. The smallest absolute Gasteiger partial charge is 0.175 e. The van der Waals surface area contributed by atoms with Crippen molar-refractivity contribution < 1.29 is 13.2 Å². The van der Waals surface area contributed by atoms with Crippen LogP contribution in [0.5, 0.6) is 5.75 Å². The van der Waals surface area contributed by atoms with Gasteiger partial charge in [-0.15, -0.1) is 0 Å². The number of nitrogens with one attached hydrogen (secondary N) is 1. The van der Waals surface area contributed by atoms with E-state index in [0.29, 0.717) is 17.9 Å². The number of nitrogens with two attached hydrogens (primary N) is 1.